The first kappa shape index (κ1) is 11.5. The largest absolute Gasteiger partial charge is 0.396 e. The Morgan fingerprint density at radius 1 is 1.50 bits per heavy atom. The van der Waals surface area contributed by atoms with Gasteiger partial charge in [0.2, 0.25) is 5.91 Å². The Morgan fingerprint density at radius 3 is 2.71 bits per heavy atom. The van der Waals surface area contributed by atoms with Crippen molar-refractivity contribution < 1.29 is 9.90 Å². The molecule has 82 valence electrons. The van der Waals surface area contributed by atoms with Crippen LogP contribution < -0.4 is 5.32 Å². The van der Waals surface area contributed by atoms with E-state index in [4.69, 9.17) is 5.11 Å². The maximum Gasteiger partial charge on any atom is 0.222 e. The van der Waals surface area contributed by atoms with Crippen LogP contribution in [0.3, 0.4) is 0 Å². The Hall–Kier alpha value is -0.610. The molecular formula is C10H20N2O2. The molecule has 0 atom stereocenters. The first-order chi connectivity index (χ1) is 6.72. The lowest BCUT2D eigenvalue weighted by Gasteiger charge is -2.28. The van der Waals surface area contributed by atoms with Crippen LogP contribution in [0.25, 0.3) is 0 Å². The third-order valence-electron chi connectivity index (χ3n) is 2.76. The van der Waals surface area contributed by atoms with Gasteiger partial charge in [0, 0.05) is 13.0 Å². The zero-order valence-electron chi connectivity index (χ0n) is 8.83. The van der Waals surface area contributed by atoms with Gasteiger partial charge >= 0.3 is 0 Å². The fourth-order valence-electron chi connectivity index (χ4n) is 1.71. The van der Waals surface area contributed by atoms with Crippen LogP contribution >= 0.6 is 0 Å². The van der Waals surface area contributed by atoms with Crippen LogP contribution in [0, 0.1) is 5.92 Å². The van der Waals surface area contributed by atoms with Crippen molar-refractivity contribution in [3.8, 4) is 0 Å². The molecule has 14 heavy (non-hydrogen) atoms. The van der Waals surface area contributed by atoms with E-state index >= 15 is 0 Å². The molecule has 0 bridgehead atoms. The monoisotopic (exact) mass is 200 g/mol. The van der Waals surface area contributed by atoms with Crippen LogP contribution in [0.15, 0.2) is 0 Å². The zero-order valence-corrected chi connectivity index (χ0v) is 8.83. The van der Waals surface area contributed by atoms with Gasteiger partial charge in [-0.05, 0) is 38.9 Å². The van der Waals surface area contributed by atoms with Crippen molar-refractivity contribution in [1.29, 1.82) is 0 Å². The average molecular weight is 200 g/mol. The van der Waals surface area contributed by atoms with Gasteiger partial charge in [0.15, 0.2) is 0 Å². The standard InChI is InChI=1S/C10H20N2O2/c1-12-5-2-9(3-6-12)8-11-10(14)4-7-13/h9,13H,2-8H2,1H3,(H,11,14). The molecule has 4 heteroatoms. The molecule has 0 unspecified atom stereocenters. The van der Waals surface area contributed by atoms with Crippen LogP contribution in [0.5, 0.6) is 0 Å². The third-order valence-corrected chi connectivity index (χ3v) is 2.76. The van der Waals surface area contributed by atoms with Crippen LogP contribution in [0.2, 0.25) is 0 Å². The number of rotatable bonds is 4. The number of carbonyl (C=O) groups excluding carboxylic acids is 1. The topological polar surface area (TPSA) is 52.6 Å². The number of amides is 1. The Kier molecular flexibility index (Phi) is 4.90. The smallest absolute Gasteiger partial charge is 0.222 e. The lowest BCUT2D eigenvalue weighted by atomic mass is 9.97. The molecule has 1 rings (SSSR count). The molecule has 1 aliphatic rings. The summed E-state index contributed by atoms with van der Waals surface area (Å²) in [7, 11) is 2.13. The summed E-state index contributed by atoms with van der Waals surface area (Å²) in [5.41, 5.74) is 0. The van der Waals surface area contributed by atoms with Crippen molar-refractivity contribution in [3.63, 3.8) is 0 Å². The highest BCUT2D eigenvalue weighted by atomic mass is 16.3. The normalized spacial score (nSPS) is 19.6. The first-order valence-corrected chi connectivity index (χ1v) is 5.28. The van der Waals surface area contributed by atoms with Crippen LogP contribution in [-0.2, 0) is 4.79 Å². The van der Waals surface area contributed by atoms with E-state index in [9.17, 15) is 4.79 Å². The molecule has 1 aliphatic heterocycles. The van der Waals surface area contributed by atoms with Gasteiger partial charge in [0.25, 0.3) is 0 Å². The molecule has 0 aromatic carbocycles. The maximum absolute atomic E-state index is 11.1. The predicted molar refractivity (Wildman–Crippen MR) is 54.9 cm³/mol. The molecule has 0 spiro atoms. The van der Waals surface area contributed by atoms with Crippen molar-refractivity contribution in [2.45, 2.75) is 19.3 Å². The molecule has 2 N–H and O–H groups in total. The van der Waals surface area contributed by atoms with Gasteiger partial charge in [-0.2, -0.15) is 0 Å². The fourth-order valence-corrected chi connectivity index (χ4v) is 1.71. The zero-order chi connectivity index (χ0) is 10.4. The number of nitrogens with one attached hydrogen (secondary N) is 1. The number of hydrogen-bond donors (Lipinski definition) is 2. The molecule has 0 saturated carbocycles. The third kappa shape index (κ3) is 4.07. The summed E-state index contributed by atoms with van der Waals surface area (Å²) < 4.78 is 0. The molecule has 1 heterocycles. The number of aliphatic hydroxyl groups is 1. The fraction of sp³-hybridized carbons (Fsp3) is 0.900. The summed E-state index contributed by atoms with van der Waals surface area (Å²) in [6, 6.07) is 0. The van der Waals surface area contributed by atoms with Gasteiger partial charge in [-0.15, -0.1) is 0 Å². The summed E-state index contributed by atoms with van der Waals surface area (Å²) in [5.74, 6) is 0.584. The summed E-state index contributed by atoms with van der Waals surface area (Å²) in [4.78, 5) is 13.4. The van der Waals surface area contributed by atoms with Gasteiger partial charge in [0.05, 0.1) is 6.61 Å². The van der Waals surface area contributed by atoms with Crippen LogP contribution in [0.4, 0.5) is 0 Å². The van der Waals surface area contributed by atoms with Gasteiger partial charge in [-0.1, -0.05) is 0 Å². The number of likely N-dealkylation sites (tertiary alicyclic amines) is 1. The molecule has 0 radical (unpaired) electrons. The highest BCUT2D eigenvalue weighted by Gasteiger charge is 2.16. The van der Waals surface area contributed by atoms with Crippen molar-refractivity contribution >= 4 is 5.91 Å². The number of nitrogens with zero attached hydrogens (tertiary/aromatic N) is 1. The van der Waals surface area contributed by atoms with Crippen molar-refractivity contribution in [2.75, 3.05) is 33.3 Å². The second kappa shape index (κ2) is 5.98. The summed E-state index contributed by atoms with van der Waals surface area (Å²) in [6.07, 6.45) is 2.55. The van der Waals surface area contributed by atoms with Crippen molar-refractivity contribution in [2.24, 2.45) is 5.92 Å². The summed E-state index contributed by atoms with van der Waals surface area (Å²) >= 11 is 0. The second-order valence-corrected chi connectivity index (χ2v) is 4.02. The quantitative estimate of drug-likeness (QED) is 0.662. The Balaban J connectivity index is 2.09. The average Bonchev–Trinajstić information content (AvgIpc) is 2.17. The first-order valence-electron chi connectivity index (χ1n) is 5.28. The van der Waals surface area contributed by atoms with Gasteiger partial charge < -0.3 is 15.3 Å². The molecule has 1 fully saturated rings. The predicted octanol–water partition coefficient (Wildman–Crippen LogP) is -0.173. The number of piperidine rings is 1. The number of hydrogen-bond acceptors (Lipinski definition) is 3. The van der Waals surface area contributed by atoms with Crippen LogP contribution in [0.1, 0.15) is 19.3 Å². The van der Waals surface area contributed by atoms with Gasteiger partial charge in [-0.25, -0.2) is 0 Å². The number of carbonyl (C=O) groups is 1. The maximum atomic E-state index is 11.1. The van der Waals surface area contributed by atoms with E-state index in [1.54, 1.807) is 0 Å². The van der Waals surface area contributed by atoms with Gasteiger partial charge in [0.1, 0.15) is 0 Å². The Labute approximate surface area is 85.3 Å². The van der Waals surface area contributed by atoms with Gasteiger partial charge in [-0.3, -0.25) is 4.79 Å². The Bertz CT molecular complexity index is 177. The van der Waals surface area contributed by atoms with E-state index in [1.165, 1.54) is 0 Å². The van der Waals surface area contributed by atoms with E-state index in [0.29, 0.717) is 5.92 Å². The minimum atomic E-state index is -0.0563. The molecule has 0 aromatic heterocycles. The van der Waals surface area contributed by atoms with E-state index in [2.05, 4.69) is 17.3 Å². The van der Waals surface area contributed by atoms with Crippen LogP contribution in [-0.4, -0.2) is 49.2 Å². The SMILES string of the molecule is CN1CCC(CNC(=O)CCO)CC1. The lowest BCUT2D eigenvalue weighted by Crippen LogP contribution is -2.37. The highest BCUT2D eigenvalue weighted by molar-refractivity contribution is 5.75. The molecule has 4 nitrogen and oxygen atoms in total. The number of aliphatic hydroxyl groups excluding tert-OH is 1. The lowest BCUT2D eigenvalue weighted by molar-refractivity contribution is -0.121. The minimum Gasteiger partial charge on any atom is -0.396 e. The Morgan fingerprint density at radius 2 is 2.14 bits per heavy atom. The van der Waals surface area contributed by atoms with Crippen molar-refractivity contribution in [3.05, 3.63) is 0 Å². The van der Waals surface area contributed by atoms with Crippen molar-refractivity contribution in [1.82, 2.24) is 10.2 Å². The summed E-state index contributed by atoms with van der Waals surface area (Å²) in [5, 5.41) is 11.4. The highest BCUT2D eigenvalue weighted by Crippen LogP contribution is 2.14. The molecule has 0 aliphatic carbocycles. The molecular weight excluding hydrogens is 180 g/mol. The van der Waals surface area contributed by atoms with E-state index in [1.807, 2.05) is 0 Å². The van der Waals surface area contributed by atoms with E-state index < -0.39 is 0 Å². The summed E-state index contributed by atoms with van der Waals surface area (Å²) in [6.45, 7) is 2.97. The van der Waals surface area contributed by atoms with E-state index in [0.717, 1.165) is 32.5 Å². The molecule has 1 saturated heterocycles. The molecule has 1 amide bonds. The van der Waals surface area contributed by atoms with E-state index in [-0.39, 0.29) is 18.9 Å². The second-order valence-electron chi connectivity index (χ2n) is 4.02. The molecule has 0 aromatic rings. The minimum absolute atomic E-state index is 0.0357.